The van der Waals surface area contributed by atoms with Crippen LogP contribution in [0.1, 0.15) is 11.1 Å². The molecule has 0 radical (unpaired) electrons. The number of benzene rings is 3. The molecule has 1 aromatic heterocycles. The van der Waals surface area contributed by atoms with Crippen molar-refractivity contribution in [1.82, 2.24) is 9.55 Å². The van der Waals surface area contributed by atoms with Gasteiger partial charge >= 0.3 is 0 Å². The molecule has 3 nitrogen and oxygen atoms in total. The maximum absolute atomic E-state index is 6.01. The van der Waals surface area contributed by atoms with E-state index in [-0.39, 0.29) is 0 Å². The van der Waals surface area contributed by atoms with Crippen LogP contribution < -0.4 is 5.32 Å². The lowest BCUT2D eigenvalue weighted by atomic mass is 10.2. The number of para-hydroxylation sites is 2. The molecule has 4 rings (SSSR count). The lowest BCUT2D eigenvalue weighted by molar-refractivity contribution is 0.822. The first kappa shape index (κ1) is 15.7. The number of nitrogens with zero attached hydrogens (tertiary/aromatic N) is 2. The van der Waals surface area contributed by atoms with Gasteiger partial charge in [0.2, 0.25) is 5.95 Å². The number of hydrogen-bond donors (Lipinski definition) is 1. The molecule has 0 atom stereocenters. The third-order valence-electron chi connectivity index (χ3n) is 4.20. The highest BCUT2D eigenvalue weighted by atomic mass is 35.5. The van der Waals surface area contributed by atoms with Crippen LogP contribution in [0.3, 0.4) is 0 Å². The van der Waals surface area contributed by atoms with Crippen molar-refractivity contribution in [3.8, 4) is 0 Å². The topological polar surface area (TPSA) is 29.9 Å². The predicted molar refractivity (Wildman–Crippen MR) is 104 cm³/mol. The Kier molecular flexibility index (Phi) is 4.40. The van der Waals surface area contributed by atoms with E-state index in [0.717, 1.165) is 35.1 Å². The summed E-state index contributed by atoms with van der Waals surface area (Å²) in [5.41, 5.74) is 4.53. The van der Waals surface area contributed by atoms with Gasteiger partial charge in [0.15, 0.2) is 0 Å². The minimum atomic E-state index is 0.741. The van der Waals surface area contributed by atoms with Gasteiger partial charge in [0.25, 0.3) is 0 Å². The molecule has 0 spiro atoms. The third kappa shape index (κ3) is 3.52. The van der Waals surface area contributed by atoms with Crippen molar-refractivity contribution >= 4 is 28.6 Å². The summed E-state index contributed by atoms with van der Waals surface area (Å²) in [6.07, 6.45) is 0. The Balaban J connectivity index is 1.66. The highest BCUT2D eigenvalue weighted by Crippen LogP contribution is 2.22. The first-order chi connectivity index (χ1) is 12.3. The molecule has 1 N–H and O–H groups in total. The first-order valence-corrected chi connectivity index (χ1v) is 8.65. The van der Waals surface area contributed by atoms with Crippen LogP contribution in [0.2, 0.25) is 5.02 Å². The zero-order valence-electron chi connectivity index (χ0n) is 13.7. The molecule has 3 aromatic carbocycles. The Labute approximate surface area is 151 Å². The Morgan fingerprint density at radius 3 is 2.32 bits per heavy atom. The number of halogens is 1. The summed E-state index contributed by atoms with van der Waals surface area (Å²) in [5, 5.41) is 4.23. The SMILES string of the molecule is Clc1ccc(Cn2c(NCc3ccccc3)nc3ccccc32)cc1. The molecule has 0 fully saturated rings. The van der Waals surface area contributed by atoms with E-state index < -0.39 is 0 Å². The maximum atomic E-state index is 6.01. The quantitative estimate of drug-likeness (QED) is 0.527. The van der Waals surface area contributed by atoms with Crippen LogP contribution in [-0.2, 0) is 13.1 Å². The van der Waals surface area contributed by atoms with Gasteiger partial charge in [-0.05, 0) is 35.4 Å². The Morgan fingerprint density at radius 2 is 1.52 bits per heavy atom. The fourth-order valence-electron chi connectivity index (χ4n) is 2.92. The summed E-state index contributed by atoms with van der Waals surface area (Å²) in [5.74, 6) is 0.875. The summed E-state index contributed by atoms with van der Waals surface area (Å²) < 4.78 is 2.21. The normalized spacial score (nSPS) is 10.9. The number of anilines is 1. The minimum absolute atomic E-state index is 0.741. The Bertz CT molecular complexity index is 975. The Morgan fingerprint density at radius 1 is 0.800 bits per heavy atom. The molecule has 0 aliphatic heterocycles. The molecular weight excluding hydrogens is 330 g/mol. The molecule has 0 amide bonds. The van der Waals surface area contributed by atoms with Crippen LogP contribution in [0, 0.1) is 0 Å². The average molecular weight is 348 g/mol. The number of fused-ring (bicyclic) bond motifs is 1. The van der Waals surface area contributed by atoms with Gasteiger partial charge in [0.05, 0.1) is 17.6 Å². The molecule has 0 saturated carbocycles. The van der Waals surface area contributed by atoms with Gasteiger partial charge in [-0.2, -0.15) is 0 Å². The van der Waals surface area contributed by atoms with Crippen molar-refractivity contribution in [1.29, 1.82) is 0 Å². The van der Waals surface area contributed by atoms with Gasteiger partial charge in [0, 0.05) is 11.6 Å². The fraction of sp³-hybridized carbons (Fsp3) is 0.0952. The molecule has 1 heterocycles. The fourth-order valence-corrected chi connectivity index (χ4v) is 3.05. The number of aromatic nitrogens is 2. The van der Waals surface area contributed by atoms with E-state index in [2.05, 4.69) is 40.2 Å². The second-order valence-corrected chi connectivity index (χ2v) is 6.41. The zero-order valence-corrected chi connectivity index (χ0v) is 14.4. The molecule has 4 aromatic rings. The lowest BCUT2D eigenvalue weighted by Gasteiger charge is -2.11. The van der Waals surface area contributed by atoms with E-state index in [0.29, 0.717) is 0 Å². The molecule has 4 heteroatoms. The summed E-state index contributed by atoms with van der Waals surface area (Å²) in [7, 11) is 0. The van der Waals surface area contributed by atoms with E-state index in [9.17, 15) is 0 Å². The molecule has 124 valence electrons. The minimum Gasteiger partial charge on any atom is -0.352 e. The van der Waals surface area contributed by atoms with Crippen LogP contribution in [0.4, 0.5) is 5.95 Å². The van der Waals surface area contributed by atoms with Gasteiger partial charge in [0.1, 0.15) is 0 Å². The molecule has 0 saturated heterocycles. The Hall–Kier alpha value is -2.78. The van der Waals surface area contributed by atoms with Crippen molar-refractivity contribution in [3.63, 3.8) is 0 Å². The van der Waals surface area contributed by atoms with E-state index in [4.69, 9.17) is 16.6 Å². The highest BCUT2D eigenvalue weighted by Gasteiger charge is 2.10. The second-order valence-electron chi connectivity index (χ2n) is 5.98. The third-order valence-corrected chi connectivity index (χ3v) is 4.45. The lowest BCUT2D eigenvalue weighted by Crippen LogP contribution is -2.08. The van der Waals surface area contributed by atoms with Crippen LogP contribution in [-0.4, -0.2) is 9.55 Å². The van der Waals surface area contributed by atoms with Crippen molar-refractivity contribution in [2.75, 3.05) is 5.32 Å². The van der Waals surface area contributed by atoms with Crippen LogP contribution in [0.15, 0.2) is 78.9 Å². The van der Waals surface area contributed by atoms with Crippen molar-refractivity contribution < 1.29 is 0 Å². The van der Waals surface area contributed by atoms with Gasteiger partial charge in [-0.25, -0.2) is 4.98 Å². The molecule has 25 heavy (non-hydrogen) atoms. The van der Waals surface area contributed by atoms with Gasteiger partial charge in [-0.1, -0.05) is 66.2 Å². The predicted octanol–water partition coefficient (Wildman–Crippen LogP) is 5.35. The first-order valence-electron chi connectivity index (χ1n) is 8.27. The summed E-state index contributed by atoms with van der Waals surface area (Å²) in [6.45, 7) is 1.49. The molecule has 0 aliphatic rings. The highest BCUT2D eigenvalue weighted by molar-refractivity contribution is 6.30. The average Bonchev–Trinajstić information content (AvgIpc) is 3.00. The molecule has 0 unspecified atom stereocenters. The van der Waals surface area contributed by atoms with E-state index in [1.165, 1.54) is 11.1 Å². The van der Waals surface area contributed by atoms with Crippen LogP contribution >= 0.6 is 11.6 Å². The van der Waals surface area contributed by atoms with Gasteiger partial charge in [-0.15, -0.1) is 0 Å². The number of hydrogen-bond acceptors (Lipinski definition) is 2. The molecule has 0 aliphatic carbocycles. The summed E-state index contributed by atoms with van der Waals surface area (Å²) >= 11 is 6.01. The van der Waals surface area contributed by atoms with Crippen molar-refractivity contribution in [2.45, 2.75) is 13.1 Å². The number of rotatable bonds is 5. The second kappa shape index (κ2) is 6.99. The van der Waals surface area contributed by atoms with Crippen molar-refractivity contribution in [3.05, 3.63) is 95.0 Å². The molecule has 0 bridgehead atoms. The maximum Gasteiger partial charge on any atom is 0.204 e. The molecular formula is C21H18ClN3. The smallest absolute Gasteiger partial charge is 0.204 e. The summed E-state index contributed by atoms with van der Waals surface area (Å²) in [4.78, 5) is 4.77. The largest absolute Gasteiger partial charge is 0.352 e. The number of imidazole rings is 1. The van der Waals surface area contributed by atoms with E-state index in [1.807, 2.05) is 48.5 Å². The van der Waals surface area contributed by atoms with Crippen molar-refractivity contribution in [2.24, 2.45) is 0 Å². The van der Waals surface area contributed by atoms with E-state index in [1.54, 1.807) is 0 Å². The standard InChI is InChI=1S/C21H18ClN3/c22-18-12-10-17(11-13-18)15-25-20-9-5-4-8-19(20)24-21(25)23-14-16-6-2-1-3-7-16/h1-13H,14-15H2,(H,23,24). The number of nitrogens with one attached hydrogen (secondary N) is 1. The van der Waals surface area contributed by atoms with E-state index >= 15 is 0 Å². The monoisotopic (exact) mass is 347 g/mol. The van der Waals surface area contributed by atoms with Gasteiger partial charge < -0.3 is 9.88 Å². The van der Waals surface area contributed by atoms with Gasteiger partial charge in [-0.3, -0.25) is 0 Å². The summed E-state index contributed by atoms with van der Waals surface area (Å²) in [6, 6.07) is 26.5. The van der Waals surface area contributed by atoms with Crippen LogP contribution in [0.25, 0.3) is 11.0 Å². The zero-order chi connectivity index (χ0) is 17.1. The van der Waals surface area contributed by atoms with Crippen LogP contribution in [0.5, 0.6) is 0 Å².